The van der Waals surface area contributed by atoms with Gasteiger partial charge in [0.25, 0.3) is 5.91 Å². The summed E-state index contributed by atoms with van der Waals surface area (Å²) in [7, 11) is 1.47. The Morgan fingerprint density at radius 1 is 1.12 bits per heavy atom. The van der Waals surface area contributed by atoms with Crippen LogP contribution in [0.25, 0.3) is 11.3 Å². The summed E-state index contributed by atoms with van der Waals surface area (Å²) in [5, 5.41) is 0. The maximum atomic E-state index is 14.0. The lowest BCUT2D eigenvalue weighted by Crippen LogP contribution is -2.38. The lowest BCUT2D eigenvalue weighted by molar-refractivity contribution is 0.0997. The second-order valence-corrected chi connectivity index (χ2v) is 7.82. The van der Waals surface area contributed by atoms with Crippen LogP contribution < -0.4 is 20.1 Å². The van der Waals surface area contributed by atoms with Gasteiger partial charge in [0.15, 0.2) is 11.6 Å². The molecule has 1 saturated heterocycles. The van der Waals surface area contributed by atoms with Gasteiger partial charge in [-0.15, -0.1) is 0 Å². The van der Waals surface area contributed by atoms with E-state index in [2.05, 4.69) is 14.9 Å². The average Bonchev–Trinajstić information content (AvgIpc) is 2.80. The maximum Gasteiger partial charge on any atom is 0.254 e. The predicted octanol–water partition coefficient (Wildman–Crippen LogP) is 3.89. The number of piperidine rings is 1. The van der Waals surface area contributed by atoms with E-state index in [1.54, 1.807) is 18.5 Å². The van der Waals surface area contributed by atoms with Crippen molar-refractivity contribution in [3.63, 3.8) is 0 Å². The largest absolute Gasteiger partial charge is 0.496 e. The van der Waals surface area contributed by atoms with Gasteiger partial charge in [0.2, 0.25) is 0 Å². The Hall–Kier alpha value is -3.75. The number of primary amides is 1. The fourth-order valence-corrected chi connectivity index (χ4v) is 4.01. The molecule has 7 nitrogen and oxygen atoms in total. The Morgan fingerprint density at radius 3 is 2.55 bits per heavy atom. The van der Waals surface area contributed by atoms with Gasteiger partial charge in [-0.25, -0.2) is 8.78 Å². The topological polar surface area (TPSA) is 90.6 Å². The molecule has 1 aliphatic rings. The minimum Gasteiger partial charge on any atom is -0.496 e. The molecule has 0 aliphatic carbocycles. The third-order valence-electron chi connectivity index (χ3n) is 5.62. The molecule has 3 heterocycles. The summed E-state index contributed by atoms with van der Waals surface area (Å²) >= 11 is 0. The van der Waals surface area contributed by atoms with Crippen molar-refractivity contribution in [2.45, 2.75) is 25.9 Å². The van der Waals surface area contributed by atoms with E-state index in [1.807, 2.05) is 13.0 Å². The highest BCUT2D eigenvalue weighted by Gasteiger charge is 2.26. The molecule has 0 saturated carbocycles. The summed E-state index contributed by atoms with van der Waals surface area (Å²) in [6.45, 7) is 3.13. The summed E-state index contributed by atoms with van der Waals surface area (Å²) in [6, 6.07) is 6.82. The van der Waals surface area contributed by atoms with Crippen LogP contribution in [0.1, 0.15) is 28.9 Å². The highest BCUT2D eigenvalue weighted by Crippen LogP contribution is 2.36. The van der Waals surface area contributed by atoms with E-state index in [0.29, 0.717) is 42.9 Å². The molecule has 4 rings (SSSR count). The highest BCUT2D eigenvalue weighted by molar-refractivity contribution is 6.02. The first-order chi connectivity index (χ1) is 15.9. The van der Waals surface area contributed by atoms with Crippen LogP contribution in [0.5, 0.6) is 11.5 Å². The second kappa shape index (κ2) is 9.40. The number of anilines is 1. The first kappa shape index (κ1) is 22.4. The minimum atomic E-state index is -0.715. The normalized spacial score (nSPS) is 14.2. The van der Waals surface area contributed by atoms with Crippen molar-refractivity contribution in [1.29, 1.82) is 0 Å². The smallest absolute Gasteiger partial charge is 0.254 e. The number of benzene rings is 1. The van der Waals surface area contributed by atoms with Gasteiger partial charge in [-0.1, -0.05) is 0 Å². The van der Waals surface area contributed by atoms with Crippen LogP contribution >= 0.6 is 0 Å². The monoisotopic (exact) mass is 454 g/mol. The zero-order valence-corrected chi connectivity index (χ0v) is 18.3. The van der Waals surface area contributed by atoms with Crippen molar-refractivity contribution >= 4 is 11.6 Å². The van der Waals surface area contributed by atoms with Crippen LogP contribution in [-0.2, 0) is 0 Å². The average molecular weight is 454 g/mol. The molecule has 2 N–H and O–H groups in total. The number of pyridine rings is 2. The van der Waals surface area contributed by atoms with Gasteiger partial charge in [0.05, 0.1) is 12.8 Å². The molecular weight excluding hydrogens is 430 g/mol. The molecule has 1 amide bonds. The first-order valence-electron chi connectivity index (χ1n) is 10.5. The number of methoxy groups -OCH3 is 1. The zero-order chi connectivity index (χ0) is 23.5. The van der Waals surface area contributed by atoms with Gasteiger partial charge in [0, 0.05) is 61.3 Å². The number of aryl methyl sites for hydroxylation is 1. The number of carbonyl (C=O) groups is 1. The number of aromatic nitrogens is 2. The number of nitrogens with zero attached hydrogens (tertiary/aromatic N) is 3. The number of amides is 1. The summed E-state index contributed by atoms with van der Waals surface area (Å²) in [5.41, 5.74) is 8.56. The van der Waals surface area contributed by atoms with Crippen molar-refractivity contribution in [2.24, 2.45) is 5.73 Å². The number of rotatable bonds is 6. The van der Waals surface area contributed by atoms with Crippen molar-refractivity contribution in [2.75, 3.05) is 25.1 Å². The Balaban J connectivity index is 1.59. The van der Waals surface area contributed by atoms with Crippen LogP contribution in [0.2, 0.25) is 0 Å². The van der Waals surface area contributed by atoms with E-state index in [0.717, 1.165) is 17.4 Å². The second-order valence-electron chi connectivity index (χ2n) is 7.82. The quantitative estimate of drug-likeness (QED) is 0.608. The number of hydrogen-bond acceptors (Lipinski definition) is 6. The third kappa shape index (κ3) is 4.72. The molecule has 33 heavy (non-hydrogen) atoms. The molecular formula is C24H24F2N4O3. The fraction of sp³-hybridized carbons (Fsp3) is 0.292. The van der Waals surface area contributed by atoms with Crippen LogP contribution in [0.4, 0.5) is 14.5 Å². The number of nitrogens with two attached hydrogens (primary N) is 1. The molecule has 0 unspecified atom stereocenters. The van der Waals surface area contributed by atoms with E-state index < -0.39 is 17.5 Å². The third-order valence-corrected chi connectivity index (χ3v) is 5.62. The van der Waals surface area contributed by atoms with Crippen molar-refractivity contribution in [3.8, 4) is 22.8 Å². The SMILES string of the molecule is COc1ccnc(-c2cnc(C)cc2N2CCC(Oc3ccc(F)cc3F)CC2)c1C(N)=O. The van der Waals surface area contributed by atoms with E-state index in [9.17, 15) is 13.6 Å². The van der Waals surface area contributed by atoms with Crippen molar-refractivity contribution in [3.05, 3.63) is 65.6 Å². The Morgan fingerprint density at radius 2 is 1.88 bits per heavy atom. The van der Waals surface area contributed by atoms with Crippen LogP contribution in [-0.4, -0.2) is 42.2 Å². The molecule has 1 fully saturated rings. The number of hydrogen-bond donors (Lipinski definition) is 1. The van der Waals surface area contributed by atoms with Gasteiger partial charge in [-0.2, -0.15) is 0 Å². The molecule has 1 aromatic carbocycles. The first-order valence-corrected chi connectivity index (χ1v) is 10.5. The number of halogens is 2. The standard InChI is InChI=1S/C24H24F2N4O3/c1-14-11-19(17(13-29-14)23-22(24(27)31)21(32-2)5-8-28-23)30-9-6-16(7-10-30)33-20-4-3-15(25)12-18(20)26/h3-5,8,11-13,16H,6-7,9-10H2,1-2H3,(H2,27,31). The summed E-state index contributed by atoms with van der Waals surface area (Å²) in [5.74, 6) is -1.62. The molecule has 0 radical (unpaired) electrons. The van der Waals surface area contributed by atoms with Crippen molar-refractivity contribution in [1.82, 2.24) is 9.97 Å². The molecule has 172 valence electrons. The Labute approximate surface area is 190 Å². The van der Waals surface area contributed by atoms with Gasteiger partial charge >= 0.3 is 0 Å². The van der Waals surface area contributed by atoms with E-state index >= 15 is 0 Å². The summed E-state index contributed by atoms with van der Waals surface area (Å²) in [6.07, 6.45) is 4.29. The molecule has 0 atom stereocenters. The lowest BCUT2D eigenvalue weighted by atomic mass is 10.0. The molecule has 3 aromatic rings. The molecule has 2 aromatic heterocycles. The molecule has 9 heteroatoms. The van der Waals surface area contributed by atoms with E-state index in [4.69, 9.17) is 15.2 Å². The Bertz CT molecular complexity index is 1180. The van der Waals surface area contributed by atoms with Crippen LogP contribution in [0.3, 0.4) is 0 Å². The highest BCUT2D eigenvalue weighted by atomic mass is 19.1. The van der Waals surface area contributed by atoms with Gasteiger partial charge in [-0.05, 0) is 31.2 Å². The minimum absolute atomic E-state index is 0.0435. The number of ether oxygens (including phenoxy) is 2. The zero-order valence-electron chi connectivity index (χ0n) is 18.3. The van der Waals surface area contributed by atoms with E-state index in [1.165, 1.54) is 19.2 Å². The van der Waals surface area contributed by atoms with Crippen molar-refractivity contribution < 1.29 is 23.0 Å². The Kier molecular flexibility index (Phi) is 6.39. The number of carbonyl (C=O) groups excluding carboxylic acids is 1. The molecule has 1 aliphatic heterocycles. The fourth-order valence-electron chi connectivity index (χ4n) is 4.01. The van der Waals surface area contributed by atoms with Gasteiger partial charge in [-0.3, -0.25) is 14.8 Å². The van der Waals surface area contributed by atoms with Gasteiger partial charge in [0.1, 0.15) is 23.2 Å². The molecule has 0 bridgehead atoms. The predicted molar refractivity (Wildman–Crippen MR) is 119 cm³/mol. The molecule has 0 spiro atoms. The lowest BCUT2D eigenvalue weighted by Gasteiger charge is -2.35. The van der Waals surface area contributed by atoms with Crippen LogP contribution in [0, 0.1) is 18.6 Å². The van der Waals surface area contributed by atoms with E-state index in [-0.39, 0.29) is 17.4 Å². The van der Waals surface area contributed by atoms with Gasteiger partial charge < -0.3 is 20.1 Å². The summed E-state index contributed by atoms with van der Waals surface area (Å²) < 4.78 is 38.2. The summed E-state index contributed by atoms with van der Waals surface area (Å²) in [4.78, 5) is 23.1. The maximum absolute atomic E-state index is 14.0. The van der Waals surface area contributed by atoms with Crippen LogP contribution in [0.15, 0.2) is 42.7 Å².